The summed E-state index contributed by atoms with van der Waals surface area (Å²) in [6, 6.07) is 20.4. The lowest BCUT2D eigenvalue weighted by Gasteiger charge is -2.26. The number of likely N-dealkylation sites (tertiary alicyclic amines) is 2. The van der Waals surface area contributed by atoms with Crippen LogP contribution in [0.4, 0.5) is 4.79 Å². The zero-order chi connectivity index (χ0) is 48.5. The van der Waals surface area contributed by atoms with Crippen molar-refractivity contribution >= 4 is 58.4 Å². The van der Waals surface area contributed by atoms with Crippen molar-refractivity contribution < 1.29 is 28.7 Å². The van der Waals surface area contributed by atoms with Crippen molar-refractivity contribution in [3.05, 3.63) is 83.6 Å². The summed E-state index contributed by atoms with van der Waals surface area (Å²) in [6.45, 7) is 11.8. The molecule has 2 fully saturated rings. The number of terminal acetylenes is 2. The number of fused-ring (bicyclic) bond motifs is 1. The number of aromatic amines is 2. The van der Waals surface area contributed by atoms with Gasteiger partial charge in [-0.3, -0.25) is 14.4 Å². The van der Waals surface area contributed by atoms with Gasteiger partial charge in [-0.25, -0.2) is 14.8 Å². The highest BCUT2D eigenvalue weighted by Crippen LogP contribution is 2.32. The quantitative estimate of drug-likeness (QED) is 0.0789. The first-order valence-electron chi connectivity index (χ1n) is 21.1. The van der Waals surface area contributed by atoms with Gasteiger partial charge in [-0.15, -0.1) is 25.7 Å². The second-order valence-electron chi connectivity index (χ2n) is 15.2. The number of carbonyl (C=O) groups is 4. The van der Waals surface area contributed by atoms with E-state index in [1.807, 2.05) is 44.0 Å². The number of H-pyrrole nitrogens is 2. The molecule has 16 heteroatoms. The average Bonchev–Trinajstić information content (AvgIpc) is 4.20. The van der Waals surface area contributed by atoms with Crippen LogP contribution in [0.1, 0.15) is 53.4 Å². The molecule has 5 aromatic rings. The number of halogens is 2. The summed E-state index contributed by atoms with van der Waals surface area (Å²) in [5.41, 5.74) is 5.79. The van der Waals surface area contributed by atoms with Gasteiger partial charge in [0.25, 0.3) is 6.47 Å². The number of methoxy groups -OCH3 is 2. The Morgan fingerprint density at radius 2 is 1.05 bits per heavy atom. The van der Waals surface area contributed by atoms with E-state index in [2.05, 4.69) is 122 Å². The Kier molecular flexibility index (Phi) is 24.6. The van der Waals surface area contributed by atoms with Crippen LogP contribution in [0.5, 0.6) is 0 Å². The lowest BCUT2D eigenvalue weighted by atomic mass is 9.98. The van der Waals surface area contributed by atoms with Crippen molar-refractivity contribution in [3.8, 4) is 59.3 Å². The smallest absolute Gasteiger partial charge is 0.407 e. The molecule has 0 aliphatic carbocycles. The molecule has 0 bridgehead atoms. The molecular formula is C49H62Cl2N8O6. The van der Waals surface area contributed by atoms with Crippen molar-refractivity contribution in [2.24, 2.45) is 11.8 Å². The number of amides is 3. The second kappa shape index (κ2) is 29.2. The van der Waals surface area contributed by atoms with Crippen LogP contribution in [0.2, 0.25) is 10.3 Å². The number of likely N-dealkylation sites (N-methyl/N-ethyl adjacent to an activating group) is 1. The lowest BCUT2D eigenvalue weighted by Crippen LogP contribution is -2.50. The van der Waals surface area contributed by atoms with E-state index >= 15 is 0 Å². The van der Waals surface area contributed by atoms with Gasteiger partial charge < -0.3 is 39.9 Å². The minimum absolute atomic E-state index is 0.00176. The first-order chi connectivity index (χ1) is 31.3. The fourth-order valence-electron chi connectivity index (χ4n) is 7.06. The molecule has 2 saturated heterocycles. The van der Waals surface area contributed by atoms with E-state index in [4.69, 9.17) is 28.0 Å². The number of ether oxygens (including phenoxy) is 2. The molecule has 2 aliphatic heterocycles. The summed E-state index contributed by atoms with van der Waals surface area (Å²) < 4.78 is 8.38. The van der Waals surface area contributed by atoms with Crippen LogP contribution in [-0.4, -0.2) is 114 Å². The highest BCUT2D eigenvalue weighted by atomic mass is 35.5. The Morgan fingerprint density at radius 1 is 0.662 bits per heavy atom. The molecular weight excluding hydrogens is 867 g/mol. The molecule has 3 aromatic carbocycles. The molecule has 3 amide bonds. The van der Waals surface area contributed by atoms with Gasteiger partial charge in [-0.2, -0.15) is 0 Å². The van der Waals surface area contributed by atoms with Gasteiger partial charge >= 0.3 is 6.09 Å². The maximum Gasteiger partial charge on any atom is 0.407 e. The Bertz CT molecular complexity index is 2250. The molecule has 348 valence electrons. The van der Waals surface area contributed by atoms with Gasteiger partial charge in [-0.1, -0.05) is 99.4 Å². The molecule has 14 nitrogen and oxygen atoms in total. The Hall–Kier alpha value is -6.32. The molecule has 0 saturated carbocycles. The van der Waals surface area contributed by atoms with Crippen molar-refractivity contribution in [2.45, 2.75) is 65.5 Å². The Balaban J connectivity index is 0.000000335. The van der Waals surface area contributed by atoms with E-state index in [1.54, 1.807) is 17.6 Å². The minimum atomic E-state index is -0.550. The fraction of sp³-hybridized carbons (Fsp3) is 0.388. The molecule has 2 atom stereocenters. The van der Waals surface area contributed by atoms with Crippen molar-refractivity contribution in [1.29, 1.82) is 0 Å². The summed E-state index contributed by atoms with van der Waals surface area (Å²) in [5, 5.41) is 9.07. The zero-order valence-corrected chi connectivity index (χ0v) is 39.8. The summed E-state index contributed by atoms with van der Waals surface area (Å²) in [4.78, 5) is 62.2. The molecule has 2 unspecified atom stereocenters. The predicted octanol–water partition coefficient (Wildman–Crippen LogP) is 8.72. The van der Waals surface area contributed by atoms with Crippen molar-refractivity contribution in [3.63, 3.8) is 0 Å². The number of aromatic nitrogens is 4. The standard InChI is InChI=1S/C22H14Cl2N4.C11H20N2O3.C10H20N2O.C2H4O2.2C2H2/c23-21-19(25-11-27-21)14-3-1-13(2-4-14)15-5-6-17-10-18(8-7-16(17)9-15)20-22(24)28-12-26-20;1-8(2)9(12-11(15)16-3)10(14)13-6-4-5-7-13;1-8(2)9(11-3)10(13)12-6-4-5-7-12;1-4-2-3;2*1-2/h1-12H,(H,25,27)(H,26,28);8-9H,4-7H2,1-3H3,(H,12,15);8-9,11H,4-7H2,1-3H3;2H,1H3;2*1-2H. The highest BCUT2D eigenvalue weighted by molar-refractivity contribution is 6.32. The normalized spacial score (nSPS) is 13.4. The number of imidazole rings is 2. The number of alkyl carbamates (subject to hydrolysis) is 1. The third-order valence-corrected chi connectivity index (χ3v) is 10.9. The van der Waals surface area contributed by atoms with Crippen LogP contribution in [0.15, 0.2) is 73.3 Å². The number of nitrogens with one attached hydrogen (secondary N) is 4. The number of nitrogens with zero attached hydrogens (tertiary/aromatic N) is 4. The van der Waals surface area contributed by atoms with Crippen molar-refractivity contribution in [2.75, 3.05) is 47.4 Å². The molecule has 0 radical (unpaired) electrons. The molecule has 4 heterocycles. The van der Waals surface area contributed by atoms with Crippen LogP contribution < -0.4 is 10.6 Å². The largest absolute Gasteiger partial charge is 0.471 e. The van der Waals surface area contributed by atoms with Crippen molar-refractivity contribution in [1.82, 2.24) is 40.4 Å². The van der Waals surface area contributed by atoms with E-state index in [1.165, 1.54) is 27.1 Å². The number of rotatable bonds is 10. The van der Waals surface area contributed by atoms with Crippen LogP contribution >= 0.6 is 23.2 Å². The summed E-state index contributed by atoms with van der Waals surface area (Å²) in [7, 11) is 4.47. The number of hydrogen-bond acceptors (Lipinski definition) is 9. The molecule has 65 heavy (non-hydrogen) atoms. The van der Waals surface area contributed by atoms with Gasteiger partial charge in [0.1, 0.15) is 27.7 Å². The van der Waals surface area contributed by atoms with E-state index in [0.29, 0.717) is 22.7 Å². The first kappa shape index (κ1) is 54.8. The monoisotopic (exact) mass is 928 g/mol. The molecule has 4 N–H and O–H groups in total. The number of hydrogen-bond donors (Lipinski definition) is 4. The summed E-state index contributed by atoms with van der Waals surface area (Å²) >= 11 is 12.3. The fourth-order valence-corrected chi connectivity index (χ4v) is 7.48. The first-order valence-corrected chi connectivity index (χ1v) is 21.8. The van der Waals surface area contributed by atoms with Crippen LogP contribution in [0.25, 0.3) is 44.4 Å². The van der Waals surface area contributed by atoms with Crippen LogP contribution in [0, 0.1) is 37.5 Å². The predicted molar refractivity (Wildman–Crippen MR) is 261 cm³/mol. The van der Waals surface area contributed by atoms with Crippen LogP contribution in [-0.2, 0) is 23.9 Å². The maximum absolute atomic E-state index is 12.1. The van der Waals surface area contributed by atoms with E-state index < -0.39 is 12.1 Å². The number of carbonyl (C=O) groups excluding carboxylic acids is 4. The maximum atomic E-state index is 12.1. The third kappa shape index (κ3) is 16.3. The Morgan fingerprint density at radius 3 is 1.43 bits per heavy atom. The zero-order valence-electron chi connectivity index (χ0n) is 38.3. The number of benzene rings is 3. The van der Waals surface area contributed by atoms with Gasteiger partial charge in [-0.05, 0) is 78.6 Å². The summed E-state index contributed by atoms with van der Waals surface area (Å²) in [5.74, 6) is 0.707. The van der Waals surface area contributed by atoms with Gasteiger partial charge in [0.2, 0.25) is 11.8 Å². The molecule has 2 aliphatic rings. The van der Waals surface area contributed by atoms with Crippen LogP contribution in [0.3, 0.4) is 0 Å². The molecule has 7 rings (SSSR count). The topological polar surface area (TPSA) is 175 Å². The molecule has 2 aromatic heterocycles. The van der Waals surface area contributed by atoms with Gasteiger partial charge in [0, 0.05) is 37.3 Å². The SMILES string of the molecule is C#C.C#C.CNC(C(=O)N1CCCC1)C(C)C.COC(=O)NC(C(=O)N1CCCC1)C(C)C.COC=O.Clc1[nH]cnc1-c1ccc(-c2ccc3cc(-c4nc[nH]c4Cl)ccc3c2)cc1. The average molecular weight is 930 g/mol. The summed E-state index contributed by atoms with van der Waals surface area (Å²) in [6.07, 6.45) is 23.1. The highest BCUT2D eigenvalue weighted by Gasteiger charge is 2.30. The van der Waals surface area contributed by atoms with E-state index in [0.717, 1.165) is 83.4 Å². The van der Waals surface area contributed by atoms with Gasteiger partial charge in [0.15, 0.2) is 0 Å². The minimum Gasteiger partial charge on any atom is -0.471 e. The third-order valence-electron chi connectivity index (χ3n) is 10.4. The lowest BCUT2D eigenvalue weighted by molar-refractivity contribution is -0.134. The molecule has 0 spiro atoms. The van der Waals surface area contributed by atoms with Gasteiger partial charge in [0.05, 0.1) is 32.9 Å². The second-order valence-corrected chi connectivity index (χ2v) is 16.0. The van der Waals surface area contributed by atoms with E-state index in [-0.39, 0.29) is 23.8 Å². The van der Waals surface area contributed by atoms with E-state index in [9.17, 15) is 14.4 Å². The Labute approximate surface area is 393 Å².